The molecule has 0 bridgehead atoms. The Morgan fingerprint density at radius 1 is 1.38 bits per heavy atom. The summed E-state index contributed by atoms with van der Waals surface area (Å²) in [4.78, 5) is 15.6. The fourth-order valence-electron chi connectivity index (χ4n) is 1.46. The number of nitrogens with one attached hydrogen (secondary N) is 1. The zero-order valence-electron chi connectivity index (χ0n) is 8.90. The molecule has 5 nitrogen and oxygen atoms in total. The number of nitrogens with zero attached hydrogens (tertiary/aromatic N) is 2. The van der Waals surface area contributed by atoms with E-state index in [1.54, 1.807) is 13.0 Å². The number of nitrogens with two attached hydrogens (primary N) is 1. The van der Waals surface area contributed by atoms with Gasteiger partial charge in [0.1, 0.15) is 11.5 Å². The molecule has 3 N–H and O–H groups in total. The van der Waals surface area contributed by atoms with Gasteiger partial charge in [0.05, 0.1) is 0 Å². The normalized spacial score (nSPS) is 10.3. The third-order valence-electron chi connectivity index (χ3n) is 2.29. The first kappa shape index (κ1) is 10.4. The molecule has 2 rings (SSSR count). The van der Waals surface area contributed by atoms with E-state index in [2.05, 4.69) is 15.2 Å². The first-order valence-electron chi connectivity index (χ1n) is 4.92. The topological polar surface area (TPSA) is 84.7 Å². The van der Waals surface area contributed by atoms with Gasteiger partial charge in [-0.15, -0.1) is 0 Å². The van der Waals surface area contributed by atoms with E-state index < -0.39 is 0 Å². The molecule has 1 heterocycles. The lowest BCUT2D eigenvalue weighted by Crippen LogP contribution is -2.18. The van der Waals surface area contributed by atoms with Gasteiger partial charge in [0.25, 0.3) is 5.56 Å². The van der Waals surface area contributed by atoms with Crippen molar-refractivity contribution in [2.45, 2.75) is 13.3 Å². The maximum Gasteiger partial charge on any atom is 0.286 e. The molecular formula is C11H12N4O. The molecule has 0 spiro atoms. The molecule has 0 atom stereocenters. The minimum atomic E-state index is -0.270. The van der Waals surface area contributed by atoms with E-state index in [0.717, 1.165) is 5.56 Å². The molecular weight excluding hydrogens is 204 g/mol. The van der Waals surface area contributed by atoms with Crippen molar-refractivity contribution in [1.29, 1.82) is 0 Å². The van der Waals surface area contributed by atoms with Crippen molar-refractivity contribution >= 4 is 5.69 Å². The Hall–Kier alpha value is -2.17. The smallest absolute Gasteiger partial charge is 0.286 e. The van der Waals surface area contributed by atoms with Crippen LogP contribution in [0, 0.1) is 6.92 Å². The zero-order valence-corrected chi connectivity index (χ0v) is 8.90. The maximum atomic E-state index is 11.5. The molecule has 0 saturated heterocycles. The van der Waals surface area contributed by atoms with E-state index in [-0.39, 0.29) is 5.56 Å². The van der Waals surface area contributed by atoms with Crippen LogP contribution in [0.1, 0.15) is 17.1 Å². The fraction of sp³-hybridized carbons (Fsp3) is 0.182. The standard InChI is InChI=1S/C11H12N4O/c1-7-13-10(11(16)15-14-7)6-8-4-2-3-5-9(8)12/h2-5H,6,12H2,1H3,(H,15,16). The molecule has 0 fully saturated rings. The van der Waals surface area contributed by atoms with Crippen LogP contribution in [0.5, 0.6) is 0 Å². The number of hydrogen-bond donors (Lipinski definition) is 2. The summed E-state index contributed by atoms with van der Waals surface area (Å²) in [7, 11) is 0. The van der Waals surface area contributed by atoms with Crippen LogP contribution in [0.4, 0.5) is 5.69 Å². The van der Waals surface area contributed by atoms with Crippen LogP contribution in [0.3, 0.4) is 0 Å². The molecule has 5 heteroatoms. The highest BCUT2D eigenvalue weighted by molar-refractivity contribution is 5.47. The summed E-state index contributed by atoms with van der Waals surface area (Å²) < 4.78 is 0. The largest absolute Gasteiger partial charge is 0.398 e. The van der Waals surface area contributed by atoms with Gasteiger partial charge in [-0.05, 0) is 18.6 Å². The number of aryl methyl sites for hydroxylation is 1. The third kappa shape index (κ3) is 2.08. The number of aromatic amines is 1. The SMILES string of the molecule is Cc1n[nH]c(=O)c(Cc2ccccc2N)n1. The Labute approximate surface area is 92.3 Å². The van der Waals surface area contributed by atoms with Crippen molar-refractivity contribution in [3.8, 4) is 0 Å². The van der Waals surface area contributed by atoms with Gasteiger partial charge in [0.2, 0.25) is 0 Å². The first-order valence-corrected chi connectivity index (χ1v) is 4.92. The molecule has 0 aliphatic heterocycles. The average Bonchev–Trinajstić information content (AvgIpc) is 2.27. The summed E-state index contributed by atoms with van der Waals surface area (Å²) in [5.41, 5.74) is 7.53. The molecule has 2 aromatic rings. The van der Waals surface area contributed by atoms with E-state index in [1.807, 2.05) is 18.2 Å². The Balaban J connectivity index is 2.38. The number of nitrogen functional groups attached to an aromatic ring is 1. The van der Waals surface area contributed by atoms with Crippen molar-refractivity contribution in [3.05, 3.63) is 51.7 Å². The van der Waals surface area contributed by atoms with E-state index in [4.69, 9.17) is 5.73 Å². The molecule has 1 aromatic carbocycles. The zero-order chi connectivity index (χ0) is 11.5. The van der Waals surface area contributed by atoms with Crippen LogP contribution in [-0.2, 0) is 6.42 Å². The summed E-state index contributed by atoms with van der Waals surface area (Å²) in [5, 5.41) is 6.12. The lowest BCUT2D eigenvalue weighted by Gasteiger charge is -2.04. The van der Waals surface area contributed by atoms with Gasteiger partial charge >= 0.3 is 0 Å². The van der Waals surface area contributed by atoms with E-state index in [9.17, 15) is 4.79 Å². The number of hydrogen-bond acceptors (Lipinski definition) is 4. The van der Waals surface area contributed by atoms with Crippen LogP contribution < -0.4 is 11.3 Å². The number of para-hydroxylation sites is 1. The molecule has 0 unspecified atom stereocenters. The predicted molar refractivity (Wildman–Crippen MR) is 61.1 cm³/mol. The number of anilines is 1. The minimum Gasteiger partial charge on any atom is -0.398 e. The van der Waals surface area contributed by atoms with Crippen molar-refractivity contribution in [2.24, 2.45) is 0 Å². The number of benzene rings is 1. The summed E-state index contributed by atoms with van der Waals surface area (Å²) in [6.07, 6.45) is 0.422. The van der Waals surface area contributed by atoms with Crippen LogP contribution in [0.15, 0.2) is 29.1 Å². The number of rotatable bonds is 2. The van der Waals surface area contributed by atoms with E-state index >= 15 is 0 Å². The highest BCUT2D eigenvalue weighted by Crippen LogP contribution is 2.12. The third-order valence-corrected chi connectivity index (χ3v) is 2.29. The van der Waals surface area contributed by atoms with Gasteiger partial charge in [-0.3, -0.25) is 4.79 Å². The van der Waals surface area contributed by atoms with Gasteiger partial charge in [-0.2, -0.15) is 5.10 Å². The Morgan fingerprint density at radius 2 is 2.12 bits per heavy atom. The minimum absolute atomic E-state index is 0.270. The van der Waals surface area contributed by atoms with Gasteiger partial charge in [0, 0.05) is 12.1 Å². The van der Waals surface area contributed by atoms with Gasteiger partial charge in [-0.25, -0.2) is 10.1 Å². The van der Waals surface area contributed by atoms with Gasteiger partial charge in [-0.1, -0.05) is 18.2 Å². The molecule has 0 aliphatic carbocycles. The molecule has 0 radical (unpaired) electrons. The quantitative estimate of drug-likeness (QED) is 0.722. The van der Waals surface area contributed by atoms with E-state index in [0.29, 0.717) is 23.6 Å². The van der Waals surface area contributed by atoms with Crippen LogP contribution in [0.25, 0.3) is 0 Å². The van der Waals surface area contributed by atoms with Crippen molar-refractivity contribution in [1.82, 2.24) is 15.2 Å². The summed E-state index contributed by atoms with van der Waals surface area (Å²) >= 11 is 0. The molecule has 82 valence electrons. The molecule has 1 aromatic heterocycles. The summed E-state index contributed by atoms with van der Waals surface area (Å²) in [5.74, 6) is 0.545. The van der Waals surface area contributed by atoms with Crippen LogP contribution in [0.2, 0.25) is 0 Å². The van der Waals surface area contributed by atoms with Crippen molar-refractivity contribution < 1.29 is 0 Å². The monoisotopic (exact) mass is 216 g/mol. The van der Waals surface area contributed by atoms with E-state index in [1.165, 1.54) is 0 Å². The second-order valence-electron chi connectivity index (χ2n) is 3.53. The second-order valence-corrected chi connectivity index (χ2v) is 3.53. The van der Waals surface area contributed by atoms with Crippen LogP contribution >= 0.6 is 0 Å². The van der Waals surface area contributed by atoms with Crippen molar-refractivity contribution in [3.63, 3.8) is 0 Å². The highest BCUT2D eigenvalue weighted by Gasteiger charge is 2.06. The lowest BCUT2D eigenvalue weighted by atomic mass is 10.1. The Bertz CT molecular complexity index is 562. The first-order chi connectivity index (χ1) is 7.66. The van der Waals surface area contributed by atoms with Gasteiger partial charge < -0.3 is 5.73 Å². The predicted octanol–water partition coefficient (Wildman–Crippen LogP) is 0.646. The second kappa shape index (κ2) is 4.14. The number of H-pyrrole nitrogens is 1. The number of aromatic nitrogens is 3. The lowest BCUT2D eigenvalue weighted by molar-refractivity contribution is 0.831. The molecule has 16 heavy (non-hydrogen) atoms. The molecule has 0 amide bonds. The maximum absolute atomic E-state index is 11.5. The van der Waals surface area contributed by atoms with Crippen LogP contribution in [-0.4, -0.2) is 15.2 Å². The fourth-order valence-corrected chi connectivity index (χ4v) is 1.46. The van der Waals surface area contributed by atoms with Crippen molar-refractivity contribution in [2.75, 3.05) is 5.73 Å². The Kier molecular flexibility index (Phi) is 2.68. The molecule has 0 aliphatic rings. The highest BCUT2D eigenvalue weighted by atomic mass is 16.1. The summed E-state index contributed by atoms with van der Waals surface area (Å²) in [6.45, 7) is 1.73. The Morgan fingerprint density at radius 3 is 2.88 bits per heavy atom. The van der Waals surface area contributed by atoms with Gasteiger partial charge in [0.15, 0.2) is 0 Å². The summed E-state index contributed by atoms with van der Waals surface area (Å²) in [6, 6.07) is 7.42. The average molecular weight is 216 g/mol. The molecule has 0 saturated carbocycles.